The van der Waals surface area contributed by atoms with E-state index in [4.69, 9.17) is 8.85 Å². The molecule has 98 valence electrons. The Morgan fingerprint density at radius 3 is 2.00 bits per heavy atom. The summed E-state index contributed by atoms with van der Waals surface area (Å²) >= 11 is 0. The summed E-state index contributed by atoms with van der Waals surface area (Å²) < 4.78 is 11.7. The highest BCUT2D eigenvalue weighted by atomic mass is 28.4. The summed E-state index contributed by atoms with van der Waals surface area (Å²) in [5, 5.41) is 3.37. The highest BCUT2D eigenvalue weighted by Gasteiger charge is 2.30. The summed E-state index contributed by atoms with van der Waals surface area (Å²) in [5.41, 5.74) is 0. The van der Waals surface area contributed by atoms with E-state index in [1.54, 1.807) is 0 Å². The second-order valence-electron chi connectivity index (χ2n) is 4.31. The van der Waals surface area contributed by atoms with Crippen LogP contribution in [0.3, 0.4) is 0 Å². The fourth-order valence-corrected chi connectivity index (χ4v) is 4.48. The molecule has 1 N–H and O–H groups in total. The predicted molar refractivity (Wildman–Crippen MR) is 72.0 cm³/mol. The van der Waals surface area contributed by atoms with Crippen LogP contribution in [0.2, 0.25) is 12.6 Å². The van der Waals surface area contributed by atoms with Gasteiger partial charge in [-0.3, -0.25) is 0 Å². The van der Waals surface area contributed by atoms with Gasteiger partial charge in [0.15, 0.2) is 0 Å². The standard InChI is InChI=1S/C12H29NO2Si/c1-6-9-12(13-4)10-11-16(5,14-7-2)15-8-3/h12-13H,6-11H2,1-5H3. The molecule has 0 aliphatic carbocycles. The van der Waals surface area contributed by atoms with E-state index in [1.165, 1.54) is 12.8 Å². The molecule has 0 aliphatic rings. The molecule has 0 amide bonds. The maximum absolute atomic E-state index is 5.83. The molecule has 0 aliphatic heterocycles. The van der Waals surface area contributed by atoms with Crippen molar-refractivity contribution < 1.29 is 8.85 Å². The van der Waals surface area contributed by atoms with Crippen molar-refractivity contribution >= 4 is 8.56 Å². The highest BCUT2D eigenvalue weighted by molar-refractivity contribution is 6.66. The molecule has 0 fully saturated rings. The van der Waals surface area contributed by atoms with Crippen molar-refractivity contribution in [2.24, 2.45) is 0 Å². The molecule has 1 atom stereocenters. The first-order valence-electron chi connectivity index (χ1n) is 6.57. The van der Waals surface area contributed by atoms with E-state index < -0.39 is 8.56 Å². The Hall–Kier alpha value is 0.0969. The van der Waals surface area contributed by atoms with Gasteiger partial charge in [-0.25, -0.2) is 0 Å². The third-order valence-electron chi connectivity index (χ3n) is 2.89. The molecule has 0 saturated carbocycles. The van der Waals surface area contributed by atoms with E-state index in [1.807, 2.05) is 20.9 Å². The van der Waals surface area contributed by atoms with Crippen molar-refractivity contribution in [2.45, 2.75) is 58.7 Å². The molecule has 0 aromatic rings. The van der Waals surface area contributed by atoms with Crippen LogP contribution in [-0.4, -0.2) is 34.9 Å². The second-order valence-corrected chi connectivity index (χ2v) is 7.66. The van der Waals surface area contributed by atoms with Gasteiger partial charge in [0.2, 0.25) is 0 Å². The minimum absolute atomic E-state index is 0.609. The van der Waals surface area contributed by atoms with Gasteiger partial charge < -0.3 is 14.2 Å². The van der Waals surface area contributed by atoms with Crippen molar-refractivity contribution in [1.29, 1.82) is 0 Å². The Labute approximate surface area is 102 Å². The average Bonchev–Trinajstić information content (AvgIpc) is 2.25. The Bertz CT molecular complexity index is 161. The van der Waals surface area contributed by atoms with Crippen LogP contribution in [0.5, 0.6) is 0 Å². The van der Waals surface area contributed by atoms with Crippen molar-refractivity contribution in [1.82, 2.24) is 5.32 Å². The van der Waals surface area contributed by atoms with E-state index >= 15 is 0 Å². The molecule has 4 heteroatoms. The van der Waals surface area contributed by atoms with Gasteiger partial charge >= 0.3 is 8.56 Å². The SMILES string of the molecule is CCCC(CC[Si](C)(OCC)OCC)NC. The Morgan fingerprint density at radius 1 is 1.06 bits per heavy atom. The Kier molecular flexibility index (Phi) is 9.22. The Balaban J connectivity index is 4.07. The van der Waals surface area contributed by atoms with E-state index in [-0.39, 0.29) is 0 Å². The van der Waals surface area contributed by atoms with Gasteiger partial charge in [0.25, 0.3) is 0 Å². The molecule has 0 aromatic heterocycles. The van der Waals surface area contributed by atoms with E-state index in [2.05, 4.69) is 18.8 Å². The molecule has 0 radical (unpaired) electrons. The predicted octanol–water partition coefficient (Wildman–Crippen LogP) is 2.91. The van der Waals surface area contributed by atoms with Gasteiger partial charge in [0.05, 0.1) is 0 Å². The maximum atomic E-state index is 5.83. The van der Waals surface area contributed by atoms with Crippen molar-refractivity contribution in [3.63, 3.8) is 0 Å². The topological polar surface area (TPSA) is 30.5 Å². The summed E-state index contributed by atoms with van der Waals surface area (Å²) in [4.78, 5) is 0. The summed E-state index contributed by atoms with van der Waals surface area (Å²) in [6, 6.07) is 1.69. The summed E-state index contributed by atoms with van der Waals surface area (Å²) in [5.74, 6) is 0. The molecule has 3 nitrogen and oxygen atoms in total. The van der Waals surface area contributed by atoms with Crippen LogP contribution in [0.4, 0.5) is 0 Å². The van der Waals surface area contributed by atoms with Gasteiger partial charge in [-0.1, -0.05) is 13.3 Å². The van der Waals surface area contributed by atoms with Gasteiger partial charge in [-0.15, -0.1) is 0 Å². The van der Waals surface area contributed by atoms with Crippen LogP contribution < -0.4 is 5.32 Å². The average molecular weight is 247 g/mol. The van der Waals surface area contributed by atoms with Crippen LogP contribution in [0.15, 0.2) is 0 Å². The van der Waals surface area contributed by atoms with E-state index in [0.29, 0.717) is 6.04 Å². The molecule has 1 unspecified atom stereocenters. The van der Waals surface area contributed by atoms with Crippen LogP contribution in [-0.2, 0) is 8.85 Å². The lowest BCUT2D eigenvalue weighted by atomic mass is 10.1. The highest BCUT2D eigenvalue weighted by Crippen LogP contribution is 2.18. The van der Waals surface area contributed by atoms with Crippen LogP contribution in [0.25, 0.3) is 0 Å². The lowest BCUT2D eigenvalue weighted by Crippen LogP contribution is -2.40. The molecule has 0 saturated heterocycles. The fraction of sp³-hybridized carbons (Fsp3) is 1.00. The lowest BCUT2D eigenvalue weighted by molar-refractivity contribution is 0.187. The third kappa shape index (κ3) is 6.63. The number of rotatable bonds is 10. The Morgan fingerprint density at radius 2 is 1.62 bits per heavy atom. The quantitative estimate of drug-likeness (QED) is 0.602. The van der Waals surface area contributed by atoms with Crippen LogP contribution in [0.1, 0.15) is 40.0 Å². The molecular formula is C12H29NO2Si. The summed E-state index contributed by atoms with van der Waals surface area (Å²) in [7, 11) is 0.145. The zero-order valence-corrected chi connectivity index (χ0v) is 12.6. The normalized spacial score (nSPS) is 14.1. The molecule has 16 heavy (non-hydrogen) atoms. The molecule has 0 bridgehead atoms. The molecule has 0 aromatic carbocycles. The number of nitrogens with one attached hydrogen (secondary N) is 1. The van der Waals surface area contributed by atoms with Crippen molar-refractivity contribution in [2.75, 3.05) is 20.3 Å². The number of hydrogen-bond acceptors (Lipinski definition) is 3. The molecule has 0 heterocycles. The maximum Gasteiger partial charge on any atom is 0.334 e. The zero-order valence-electron chi connectivity index (χ0n) is 11.6. The third-order valence-corrected chi connectivity index (χ3v) is 5.89. The van der Waals surface area contributed by atoms with Crippen LogP contribution in [0, 0.1) is 0 Å². The first-order valence-corrected chi connectivity index (χ1v) is 9.09. The van der Waals surface area contributed by atoms with Gasteiger partial charge in [0, 0.05) is 19.3 Å². The smallest absolute Gasteiger partial charge is 0.334 e. The molecule has 0 spiro atoms. The fourth-order valence-electron chi connectivity index (χ4n) is 2.01. The number of hydrogen-bond donors (Lipinski definition) is 1. The van der Waals surface area contributed by atoms with Gasteiger partial charge in [-0.05, 0) is 46.3 Å². The monoisotopic (exact) mass is 247 g/mol. The second kappa shape index (κ2) is 9.16. The first kappa shape index (κ1) is 16.1. The van der Waals surface area contributed by atoms with Gasteiger partial charge in [0.1, 0.15) is 0 Å². The molecule has 0 rings (SSSR count). The van der Waals surface area contributed by atoms with Gasteiger partial charge in [-0.2, -0.15) is 0 Å². The summed E-state index contributed by atoms with van der Waals surface area (Å²) in [6.07, 6.45) is 3.62. The lowest BCUT2D eigenvalue weighted by Gasteiger charge is -2.27. The van der Waals surface area contributed by atoms with Crippen LogP contribution >= 0.6 is 0 Å². The summed E-state index contributed by atoms with van der Waals surface area (Å²) in [6.45, 7) is 10.0. The van der Waals surface area contributed by atoms with Crippen molar-refractivity contribution in [3.8, 4) is 0 Å². The minimum atomic E-state index is -1.90. The van der Waals surface area contributed by atoms with Crippen molar-refractivity contribution in [3.05, 3.63) is 0 Å². The zero-order chi connectivity index (χ0) is 12.4. The first-order chi connectivity index (χ1) is 7.61. The largest absolute Gasteiger partial charge is 0.395 e. The van der Waals surface area contributed by atoms with E-state index in [9.17, 15) is 0 Å². The van der Waals surface area contributed by atoms with E-state index in [0.717, 1.165) is 25.7 Å². The molecular weight excluding hydrogens is 218 g/mol. The minimum Gasteiger partial charge on any atom is -0.395 e.